The molecule has 0 radical (unpaired) electrons. The van der Waals surface area contributed by atoms with E-state index in [0.29, 0.717) is 5.02 Å². The minimum Gasteiger partial charge on any atom is -0.375 e. The predicted molar refractivity (Wildman–Crippen MR) is 83.2 cm³/mol. The Morgan fingerprint density at radius 2 is 1.91 bits per heavy atom. The number of nitrogens with one attached hydrogen (secondary N) is 1. The van der Waals surface area contributed by atoms with E-state index in [1.54, 1.807) is 24.3 Å². The molecule has 0 aliphatic rings. The second kappa shape index (κ2) is 6.30. The minimum absolute atomic E-state index is 0.178. The lowest BCUT2D eigenvalue weighted by Gasteiger charge is -2.09. The lowest BCUT2D eigenvalue weighted by atomic mass is 10.2. The van der Waals surface area contributed by atoms with Crippen LogP contribution in [0.5, 0.6) is 0 Å². The number of nitrogens with two attached hydrogens (primary N) is 1. The number of nitro benzene ring substituents is 1. The van der Waals surface area contributed by atoms with Crippen molar-refractivity contribution in [1.29, 1.82) is 0 Å². The SMILES string of the molecule is NS(=O)(=O)c1ccc(NCc2ccccc2Cl)c([N+](=O)[O-])c1. The molecule has 0 bridgehead atoms. The Kier molecular flexibility index (Phi) is 4.65. The summed E-state index contributed by atoms with van der Waals surface area (Å²) >= 11 is 6.01. The van der Waals surface area contributed by atoms with Crippen molar-refractivity contribution in [2.75, 3.05) is 5.32 Å². The van der Waals surface area contributed by atoms with Crippen LogP contribution in [-0.2, 0) is 16.6 Å². The van der Waals surface area contributed by atoms with Crippen LogP contribution < -0.4 is 10.5 Å². The molecule has 2 aromatic rings. The van der Waals surface area contributed by atoms with Gasteiger partial charge >= 0.3 is 0 Å². The van der Waals surface area contributed by atoms with Crippen molar-refractivity contribution in [2.45, 2.75) is 11.4 Å². The maximum Gasteiger partial charge on any atom is 0.293 e. The van der Waals surface area contributed by atoms with Crippen LogP contribution >= 0.6 is 11.6 Å². The van der Waals surface area contributed by atoms with E-state index in [1.807, 2.05) is 0 Å². The highest BCUT2D eigenvalue weighted by molar-refractivity contribution is 7.89. The van der Waals surface area contributed by atoms with E-state index in [0.717, 1.165) is 11.6 Å². The summed E-state index contributed by atoms with van der Waals surface area (Å²) in [6, 6.07) is 10.5. The standard InChI is InChI=1S/C13H12ClN3O4S/c14-11-4-2-1-3-9(11)8-16-12-6-5-10(22(15,20)21)7-13(12)17(18)19/h1-7,16H,8H2,(H2,15,20,21). The first-order valence-electron chi connectivity index (χ1n) is 6.07. The lowest BCUT2D eigenvalue weighted by molar-refractivity contribution is -0.384. The summed E-state index contributed by atoms with van der Waals surface area (Å²) in [7, 11) is -4.00. The highest BCUT2D eigenvalue weighted by atomic mass is 35.5. The van der Waals surface area contributed by atoms with E-state index in [9.17, 15) is 18.5 Å². The lowest BCUT2D eigenvalue weighted by Crippen LogP contribution is -2.13. The van der Waals surface area contributed by atoms with Gasteiger partial charge in [0.2, 0.25) is 10.0 Å². The molecular weight excluding hydrogens is 330 g/mol. The van der Waals surface area contributed by atoms with Crippen LogP contribution in [0.25, 0.3) is 0 Å². The number of nitro groups is 1. The Balaban J connectivity index is 2.31. The molecule has 2 aromatic carbocycles. The average molecular weight is 342 g/mol. The van der Waals surface area contributed by atoms with Gasteiger partial charge in [0.15, 0.2) is 0 Å². The van der Waals surface area contributed by atoms with Gasteiger partial charge < -0.3 is 5.32 Å². The van der Waals surface area contributed by atoms with Crippen LogP contribution in [-0.4, -0.2) is 13.3 Å². The van der Waals surface area contributed by atoms with Crippen molar-refractivity contribution in [3.63, 3.8) is 0 Å². The van der Waals surface area contributed by atoms with Crippen molar-refractivity contribution in [3.8, 4) is 0 Å². The topological polar surface area (TPSA) is 115 Å². The van der Waals surface area contributed by atoms with Gasteiger partial charge in [-0.2, -0.15) is 0 Å². The Morgan fingerprint density at radius 3 is 2.50 bits per heavy atom. The zero-order valence-electron chi connectivity index (χ0n) is 11.2. The second-order valence-electron chi connectivity index (χ2n) is 4.43. The molecule has 0 aliphatic carbocycles. The third-order valence-electron chi connectivity index (χ3n) is 2.92. The first-order chi connectivity index (χ1) is 10.3. The number of rotatable bonds is 5. The van der Waals surface area contributed by atoms with Gasteiger partial charge in [0.05, 0.1) is 9.82 Å². The number of sulfonamides is 1. The summed E-state index contributed by atoms with van der Waals surface area (Å²) in [6.45, 7) is 0.259. The highest BCUT2D eigenvalue weighted by Crippen LogP contribution is 2.28. The van der Waals surface area contributed by atoms with Gasteiger partial charge in [-0.3, -0.25) is 10.1 Å². The zero-order chi connectivity index (χ0) is 16.3. The summed E-state index contributed by atoms with van der Waals surface area (Å²) < 4.78 is 22.5. The fourth-order valence-corrected chi connectivity index (χ4v) is 2.56. The number of benzene rings is 2. The smallest absolute Gasteiger partial charge is 0.293 e. The Hall–Kier alpha value is -2.16. The Labute approximate surface area is 131 Å². The maximum absolute atomic E-state index is 11.3. The van der Waals surface area contributed by atoms with E-state index in [1.165, 1.54) is 12.1 Å². The van der Waals surface area contributed by atoms with E-state index in [4.69, 9.17) is 16.7 Å². The van der Waals surface area contributed by atoms with Gasteiger partial charge in [-0.1, -0.05) is 29.8 Å². The van der Waals surface area contributed by atoms with E-state index in [-0.39, 0.29) is 22.8 Å². The molecule has 7 nitrogen and oxygen atoms in total. The van der Waals surface area contributed by atoms with Crippen molar-refractivity contribution >= 4 is 33.0 Å². The molecule has 22 heavy (non-hydrogen) atoms. The summed E-state index contributed by atoms with van der Waals surface area (Å²) in [5.74, 6) is 0. The summed E-state index contributed by atoms with van der Waals surface area (Å²) in [5.41, 5.74) is 0.560. The first kappa shape index (κ1) is 16.2. The average Bonchev–Trinajstić information content (AvgIpc) is 2.45. The molecule has 0 saturated carbocycles. The molecule has 0 aromatic heterocycles. The fourth-order valence-electron chi connectivity index (χ4n) is 1.82. The van der Waals surface area contributed by atoms with Crippen LogP contribution in [0, 0.1) is 10.1 Å². The molecule has 0 aliphatic heterocycles. The first-order valence-corrected chi connectivity index (χ1v) is 8.00. The number of halogens is 1. The molecule has 116 valence electrons. The molecule has 0 unspecified atom stereocenters. The van der Waals surface area contributed by atoms with Crippen LogP contribution in [0.15, 0.2) is 47.4 Å². The number of nitrogens with zero attached hydrogens (tertiary/aromatic N) is 1. The molecule has 0 heterocycles. The normalized spacial score (nSPS) is 11.2. The number of anilines is 1. The summed E-state index contributed by atoms with van der Waals surface area (Å²) in [5, 5.41) is 19.5. The largest absolute Gasteiger partial charge is 0.375 e. The minimum atomic E-state index is -4.00. The number of hydrogen-bond acceptors (Lipinski definition) is 5. The molecule has 0 fully saturated rings. The van der Waals surface area contributed by atoms with Gasteiger partial charge in [-0.15, -0.1) is 0 Å². The van der Waals surface area contributed by atoms with Crippen molar-refractivity contribution in [2.24, 2.45) is 5.14 Å². The molecular formula is C13H12ClN3O4S. The highest BCUT2D eigenvalue weighted by Gasteiger charge is 2.19. The van der Waals surface area contributed by atoms with Crippen LogP contribution in [0.4, 0.5) is 11.4 Å². The van der Waals surface area contributed by atoms with E-state index in [2.05, 4.69) is 5.32 Å². The van der Waals surface area contributed by atoms with Gasteiger partial charge in [0.25, 0.3) is 5.69 Å². The van der Waals surface area contributed by atoms with Crippen molar-refractivity contribution in [1.82, 2.24) is 0 Å². The quantitative estimate of drug-likeness (QED) is 0.640. The van der Waals surface area contributed by atoms with Gasteiger partial charge in [0, 0.05) is 17.6 Å². The molecule has 2 rings (SSSR count). The maximum atomic E-state index is 11.3. The Bertz CT molecular complexity index is 824. The zero-order valence-corrected chi connectivity index (χ0v) is 12.8. The van der Waals surface area contributed by atoms with Crippen molar-refractivity contribution in [3.05, 3.63) is 63.2 Å². The predicted octanol–water partition coefficient (Wildman–Crippen LogP) is 2.51. The van der Waals surface area contributed by atoms with Crippen LogP contribution in [0.2, 0.25) is 5.02 Å². The second-order valence-corrected chi connectivity index (χ2v) is 6.39. The number of hydrogen-bond donors (Lipinski definition) is 2. The van der Waals surface area contributed by atoms with Crippen molar-refractivity contribution < 1.29 is 13.3 Å². The molecule has 0 spiro atoms. The number of primary sulfonamides is 1. The van der Waals surface area contributed by atoms with Gasteiger partial charge in [-0.25, -0.2) is 13.6 Å². The Morgan fingerprint density at radius 1 is 1.23 bits per heavy atom. The van der Waals surface area contributed by atoms with E-state index < -0.39 is 14.9 Å². The van der Waals surface area contributed by atoms with E-state index >= 15 is 0 Å². The summed E-state index contributed by atoms with van der Waals surface area (Å²) in [6.07, 6.45) is 0. The van der Waals surface area contributed by atoms with Gasteiger partial charge in [-0.05, 0) is 23.8 Å². The van der Waals surface area contributed by atoms with Crippen LogP contribution in [0.3, 0.4) is 0 Å². The molecule has 0 amide bonds. The molecule has 3 N–H and O–H groups in total. The third-order valence-corrected chi connectivity index (χ3v) is 4.20. The van der Waals surface area contributed by atoms with Gasteiger partial charge in [0.1, 0.15) is 5.69 Å². The fraction of sp³-hybridized carbons (Fsp3) is 0.0769. The molecule has 9 heteroatoms. The third kappa shape index (κ3) is 3.73. The molecule has 0 atom stereocenters. The summed E-state index contributed by atoms with van der Waals surface area (Å²) in [4.78, 5) is 10.1. The molecule has 0 saturated heterocycles. The monoisotopic (exact) mass is 341 g/mol. The van der Waals surface area contributed by atoms with Crippen LogP contribution in [0.1, 0.15) is 5.56 Å².